The number of pyridine rings is 1. The van der Waals surface area contributed by atoms with E-state index in [0.29, 0.717) is 5.56 Å². The van der Waals surface area contributed by atoms with Crippen LogP contribution in [0.1, 0.15) is 28.4 Å². The lowest BCUT2D eigenvalue weighted by Crippen LogP contribution is -2.30. The highest BCUT2D eigenvalue weighted by Gasteiger charge is 2.20. The van der Waals surface area contributed by atoms with Crippen LogP contribution >= 0.6 is 0 Å². The highest BCUT2D eigenvalue weighted by Crippen LogP contribution is 2.19. The molecule has 5 heteroatoms. The molecule has 0 bridgehead atoms. The van der Waals surface area contributed by atoms with Crippen molar-refractivity contribution in [2.24, 2.45) is 0 Å². The van der Waals surface area contributed by atoms with E-state index in [1.807, 2.05) is 32.0 Å². The van der Waals surface area contributed by atoms with Gasteiger partial charge in [0.15, 0.2) is 6.10 Å². The molecule has 0 saturated heterocycles. The Hall–Kier alpha value is -2.69. The summed E-state index contributed by atoms with van der Waals surface area (Å²) in [5.74, 6) is -0.911. The minimum atomic E-state index is -0.889. The van der Waals surface area contributed by atoms with E-state index in [9.17, 15) is 9.59 Å². The number of esters is 1. The van der Waals surface area contributed by atoms with Crippen molar-refractivity contribution in [2.75, 3.05) is 5.32 Å². The molecule has 2 aromatic rings. The van der Waals surface area contributed by atoms with Crippen LogP contribution in [-0.4, -0.2) is 23.0 Å². The largest absolute Gasteiger partial charge is 0.449 e. The predicted molar refractivity (Wildman–Crippen MR) is 83.7 cm³/mol. The molecule has 22 heavy (non-hydrogen) atoms. The lowest BCUT2D eigenvalue weighted by Gasteiger charge is -2.16. The molecule has 0 aliphatic rings. The fourth-order valence-electron chi connectivity index (χ4n) is 2.01. The average molecular weight is 298 g/mol. The summed E-state index contributed by atoms with van der Waals surface area (Å²) < 4.78 is 5.17. The van der Waals surface area contributed by atoms with Gasteiger partial charge in [-0.1, -0.05) is 18.2 Å². The number of nitrogens with zero attached hydrogens (tertiary/aromatic N) is 1. The molecule has 0 aliphatic carbocycles. The summed E-state index contributed by atoms with van der Waals surface area (Å²) in [7, 11) is 0. The van der Waals surface area contributed by atoms with Crippen molar-refractivity contribution in [3.8, 4) is 0 Å². The number of amides is 1. The van der Waals surface area contributed by atoms with E-state index in [4.69, 9.17) is 4.74 Å². The van der Waals surface area contributed by atoms with Crippen LogP contribution in [0.25, 0.3) is 0 Å². The number of carbonyl (C=O) groups is 2. The number of hydrogen-bond donors (Lipinski definition) is 1. The normalized spacial score (nSPS) is 11.6. The van der Waals surface area contributed by atoms with Crippen molar-refractivity contribution in [1.82, 2.24) is 4.98 Å². The van der Waals surface area contributed by atoms with E-state index in [1.54, 1.807) is 19.1 Å². The van der Waals surface area contributed by atoms with Gasteiger partial charge in [0.25, 0.3) is 5.91 Å². The summed E-state index contributed by atoms with van der Waals surface area (Å²) in [6, 6.07) is 8.83. The van der Waals surface area contributed by atoms with Crippen molar-refractivity contribution >= 4 is 17.6 Å². The number of aromatic nitrogens is 1. The SMILES string of the molecule is Cc1cccc(C)c1NC(=O)C(C)OC(=O)c1ccncc1. The van der Waals surface area contributed by atoms with Crippen molar-refractivity contribution in [2.45, 2.75) is 26.9 Å². The third kappa shape index (κ3) is 3.69. The Balaban J connectivity index is 2.02. The Morgan fingerprint density at radius 3 is 2.27 bits per heavy atom. The van der Waals surface area contributed by atoms with E-state index < -0.39 is 12.1 Å². The van der Waals surface area contributed by atoms with Crippen LogP contribution in [0.2, 0.25) is 0 Å². The third-order valence-electron chi connectivity index (χ3n) is 3.30. The number of aryl methyl sites for hydroxylation is 2. The molecule has 5 nitrogen and oxygen atoms in total. The summed E-state index contributed by atoms with van der Waals surface area (Å²) in [4.78, 5) is 27.9. The van der Waals surface area contributed by atoms with Gasteiger partial charge in [0, 0.05) is 18.1 Å². The van der Waals surface area contributed by atoms with Crippen LogP contribution < -0.4 is 5.32 Å². The van der Waals surface area contributed by atoms with Gasteiger partial charge < -0.3 is 10.1 Å². The molecule has 0 fully saturated rings. The zero-order valence-corrected chi connectivity index (χ0v) is 12.8. The lowest BCUT2D eigenvalue weighted by atomic mass is 10.1. The maximum Gasteiger partial charge on any atom is 0.339 e. The molecule has 0 radical (unpaired) electrons. The van der Waals surface area contributed by atoms with Gasteiger partial charge in [-0.15, -0.1) is 0 Å². The fraction of sp³-hybridized carbons (Fsp3) is 0.235. The van der Waals surface area contributed by atoms with E-state index in [0.717, 1.165) is 16.8 Å². The summed E-state index contributed by atoms with van der Waals surface area (Å²) in [5.41, 5.74) is 3.03. The molecule has 1 amide bonds. The van der Waals surface area contributed by atoms with Gasteiger partial charge in [0.1, 0.15) is 0 Å². The molecule has 0 aliphatic heterocycles. The maximum absolute atomic E-state index is 12.2. The van der Waals surface area contributed by atoms with Gasteiger partial charge in [-0.3, -0.25) is 9.78 Å². The van der Waals surface area contributed by atoms with E-state index in [1.165, 1.54) is 12.4 Å². The second kappa shape index (κ2) is 6.85. The molecule has 1 unspecified atom stereocenters. The fourth-order valence-corrected chi connectivity index (χ4v) is 2.01. The first kappa shape index (κ1) is 15.7. The molecular weight excluding hydrogens is 280 g/mol. The zero-order chi connectivity index (χ0) is 16.1. The number of rotatable bonds is 4. The minimum absolute atomic E-state index is 0.361. The maximum atomic E-state index is 12.2. The van der Waals surface area contributed by atoms with Crippen molar-refractivity contribution in [3.05, 3.63) is 59.4 Å². The topological polar surface area (TPSA) is 68.3 Å². The zero-order valence-electron chi connectivity index (χ0n) is 12.8. The van der Waals surface area contributed by atoms with Gasteiger partial charge in [0.05, 0.1) is 5.56 Å². The van der Waals surface area contributed by atoms with Crippen molar-refractivity contribution in [1.29, 1.82) is 0 Å². The Labute approximate surface area is 129 Å². The highest BCUT2D eigenvalue weighted by molar-refractivity contribution is 5.98. The number of anilines is 1. The molecule has 1 aromatic carbocycles. The molecule has 1 heterocycles. The Morgan fingerprint density at radius 1 is 1.09 bits per heavy atom. The Morgan fingerprint density at radius 2 is 1.68 bits per heavy atom. The lowest BCUT2D eigenvalue weighted by molar-refractivity contribution is -0.123. The molecule has 2 rings (SSSR count). The monoisotopic (exact) mass is 298 g/mol. The second-order valence-corrected chi connectivity index (χ2v) is 5.04. The first-order valence-corrected chi connectivity index (χ1v) is 6.97. The summed E-state index contributed by atoms with van der Waals surface area (Å²) in [6.07, 6.45) is 2.11. The van der Waals surface area contributed by atoms with Crippen molar-refractivity contribution in [3.63, 3.8) is 0 Å². The van der Waals surface area contributed by atoms with E-state index in [-0.39, 0.29) is 5.91 Å². The number of nitrogens with one attached hydrogen (secondary N) is 1. The summed E-state index contributed by atoms with van der Waals surface area (Å²) in [5, 5.41) is 2.81. The minimum Gasteiger partial charge on any atom is -0.449 e. The van der Waals surface area contributed by atoms with Gasteiger partial charge in [0.2, 0.25) is 0 Å². The van der Waals surface area contributed by atoms with Crippen LogP contribution in [0, 0.1) is 13.8 Å². The first-order valence-electron chi connectivity index (χ1n) is 6.97. The standard InChI is InChI=1S/C17H18N2O3/c1-11-5-4-6-12(2)15(11)19-16(20)13(3)22-17(21)14-7-9-18-10-8-14/h4-10,13H,1-3H3,(H,19,20). The summed E-state index contributed by atoms with van der Waals surface area (Å²) >= 11 is 0. The number of ether oxygens (including phenoxy) is 1. The number of carbonyl (C=O) groups excluding carboxylic acids is 2. The first-order chi connectivity index (χ1) is 10.5. The molecule has 1 atom stereocenters. The van der Waals surface area contributed by atoms with Crippen LogP contribution in [0.15, 0.2) is 42.7 Å². The quantitative estimate of drug-likeness (QED) is 0.881. The van der Waals surface area contributed by atoms with Gasteiger partial charge in [-0.25, -0.2) is 4.79 Å². The smallest absolute Gasteiger partial charge is 0.339 e. The number of hydrogen-bond acceptors (Lipinski definition) is 4. The Kier molecular flexibility index (Phi) is 4.88. The van der Waals surface area contributed by atoms with E-state index in [2.05, 4.69) is 10.3 Å². The number of benzene rings is 1. The Bertz CT molecular complexity index is 663. The molecular formula is C17H18N2O3. The molecule has 114 valence electrons. The second-order valence-electron chi connectivity index (χ2n) is 5.04. The highest BCUT2D eigenvalue weighted by atomic mass is 16.5. The molecule has 0 spiro atoms. The molecule has 0 saturated carbocycles. The van der Waals surface area contributed by atoms with Crippen molar-refractivity contribution < 1.29 is 14.3 Å². The van der Waals surface area contributed by atoms with Crippen LogP contribution in [0.4, 0.5) is 5.69 Å². The third-order valence-corrected chi connectivity index (χ3v) is 3.30. The average Bonchev–Trinajstić information content (AvgIpc) is 2.51. The van der Waals surface area contributed by atoms with E-state index >= 15 is 0 Å². The summed E-state index contributed by atoms with van der Waals surface area (Å²) in [6.45, 7) is 5.37. The van der Waals surface area contributed by atoms with Gasteiger partial charge >= 0.3 is 5.97 Å². The molecule has 1 N–H and O–H groups in total. The van der Waals surface area contributed by atoms with Crippen LogP contribution in [0.5, 0.6) is 0 Å². The molecule has 1 aromatic heterocycles. The van der Waals surface area contributed by atoms with Gasteiger partial charge in [-0.2, -0.15) is 0 Å². The van der Waals surface area contributed by atoms with Crippen LogP contribution in [0.3, 0.4) is 0 Å². The van der Waals surface area contributed by atoms with Crippen LogP contribution in [-0.2, 0) is 9.53 Å². The predicted octanol–water partition coefficient (Wildman–Crippen LogP) is 2.88. The van der Waals surface area contributed by atoms with Gasteiger partial charge in [-0.05, 0) is 44.0 Å². The number of para-hydroxylation sites is 1.